The minimum atomic E-state index is -0.221. The number of para-hydroxylation sites is 1. The fraction of sp³-hybridized carbons (Fsp3) is 0.143. The number of nitrogens with one attached hydrogen (secondary N) is 1. The first-order chi connectivity index (χ1) is 14.7. The summed E-state index contributed by atoms with van der Waals surface area (Å²) in [6, 6.07) is 17.7. The molecule has 152 valence electrons. The van der Waals surface area contributed by atoms with Crippen molar-refractivity contribution in [1.82, 2.24) is 25.1 Å². The quantitative estimate of drug-likeness (QED) is 0.459. The number of carbonyl (C=O) groups excluding carboxylic acids is 1. The fourth-order valence-electron chi connectivity index (χ4n) is 2.90. The van der Waals surface area contributed by atoms with Gasteiger partial charge < -0.3 is 14.8 Å². The van der Waals surface area contributed by atoms with Gasteiger partial charge >= 0.3 is 0 Å². The van der Waals surface area contributed by atoms with Crippen LogP contribution in [0.15, 0.2) is 60.7 Å². The topological polar surface area (TPSA) is 90.6 Å². The van der Waals surface area contributed by atoms with Gasteiger partial charge in [-0.2, -0.15) is 4.52 Å². The highest BCUT2D eigenvalue weighted by Crippen LogP contribution is 2.28. The van der Waals surface area contributed by atoms with E-state index in [1.165, 1.54) is 0 Å². The molecule has 1 amide bonds. The molecule has 4 rings (SSSR count). The molecule has 4 aromatic rings. The van der Waals surface area contributed by atoms with E-state index in [1.54, 1.807) is 48.0 Å². The number of amides is 1. The van der Waals surface area contributed by atoms with E-state index in [9.17, 15) is 4.79 Å². The number of fused-ring (bicyclic) bond motifs is 1. The standard InChI is InChI=1S/C21H18ClN5O3/c1-29-17-8-3-2-7-16(17)20-25-24-18-9-10-19(26-27(18)20)30-12-11-23-21(28)14-5-4-6-15(22)13-14/h2-10,13H,11-12H2,1H3,(H,23,28). The highest BCUT2D eigenvalue weighted by Gasteiger charge is 2.14. The SMILES string of the molecule is COc1ccccc1-c1nnc2ccc(OCCNC(=O)c3cccc(Cl)c3)nn12. The summed E-state index contributed by atoms with van der Waals surface area (Å²) in [5.41, 5.74) is 1.84. The van der Waals surface area contributed by atoms with Crippen molar-refractivity contribution < 1.29 is 14.3 Å². The van der Waals surface area contributed by atoms with E-state index in [2.05, 4.69) is 20.6 Å². The van der Waals surface area contributed by atoms with E-state index in [4.69, 9.17) is 21.1 Å². The number of benzene rings is 2. The number of halogens is 1. The minimum Gasteiger partial charge on any atom is -0.496 e. The van der Waals surface area contributed by atoms with Crippen molar-refractivity contribution >= 4 is 23.2 Å². The number of rotatable bonds is 7. The van der Waals surface area contributed by atoms with Gasteiger partial charge in [0.15, 0.2) is 11.5 Å². The molecule has 0 unspecified atom stereocenters. The van der Waals surface area contributed by atoms with E-state index in [0.717, 1.165) is 5.56 Å². The fourth-order valence-corrected chi connectivity index (χ4v) is 3.09. The monoisotopic (exact) mass is 423 g/mol. The van der Waals surface area contributed by atoms with Gasteiger partial charge in [-0.1, -0.05) is 29.8 Å². The maximum absolute atomic E-state index is 12.1. The number of nitrogens with zero attached hydrogens (tertiary/aromatic N) is 4. The van der Waals surface area contributed by atoms with E-state index >= 15 is 0 Å². The summed E-state index contributed by atoms with van der Waals surface area (Å²) < 4.78 is 12.7. The summed E-state index contributed by atoms with van der Waals surface area (Å²) in [7, 11) is 1.60. The Balaban J connectivity index is 1.43. The van der Waals surface area contributed by atoms with E-state index in [0.29, 0.717) is 40.2 Å². The first-order valence-corrected chi connectivity index (χ1v) is 9.56. The number of hydrogen-bond acceptors (Lipinski definition) is 6. The van der Waals surface area contributed by atoms with Gasteiger partial charge in [-0.25, -0.2) is 0 Å². The van der Waals surface area contributed by atoms with Crippen molar-refractivity contribution in [1.29, 1.82) is 0 Å². The van der Waals surface area contributed by atoms with Crippen LogP contribution in [0.3, 0.4) is 0 Å². The maximum Gasteiger partial charge on any atom is 0.251 e. The van der Waals surface area contributed by atoms with Crippen LogP contribution in [0.5, 0.6) is 11.6 Å². The Bertz CT molecular complexity index is 1190. The van der Waals surface area contributed by atoms with Crippen LogP contribution in [-0.4, -0.2) is 46.0 Å². The number of ether oxygens (including phenoxy) is 2. The lowest BCUT2D eigenvalue weighted by atomic mass is 10.2. The van der Waals surface area contributed by atoms with Gasteiger partial charge in [-0.3, -0.25) is 4.79 Å². The van der Waals surface area contributed by atoms with Gasteiger partial charge in [0.1, 0.15) is 12.4 Å². The molecule has 0 fully saturated rings. The largest absolute Gasteiger partial charge is 0.496 e. The molecular formula is C21H18ClN5O3. The molecule has 0 bridgehead atoms. The van der Waals surface area contributed by atoms with E-state index < -0.39 is 0 Å². The van der Waals surface area contributed by atoms with Gasteiger partial charge in [0.05, 0.1) is 19.2 Å². The van der Waals surface area contributed by atoms with E-state index in [1.807, 2.05) is 24.3 Å². The predicted molar refractivity (Wildman–Crippen MR) is 112 cm³/mol. The van der Waals surface area contributed by atoms with Crippen LogP contribution in [0.1, 0.15) is 10.4 Å². The minimum absolute atomic E-state index is 0.221. The first kappa shape index (κ1) is 19.7. The van der Waals surface area contributed by atoms with Crippen LogP contribution < -0.4 is 14.8 Å². The van der Waals surface area contributed by atoms with Crippen LogP contribution in [0, 0.1) is 0 Å². The Morgan fingerprint density at radius 2 is 1.97 bits per heavy atom. The van der Waals surface area contributed by atoms with Crippen LogP contribution in [0.25, 0.3) is 17.0 Å². The summed E-state index contributed by atoms with van der Waals surface area (Å²) >= 11 is 5.91. The van der Waals surface area contributed by atoms with Crippen molar-refractivity contribution in [2.75, 3.05) is 20.3 Å². The van der Waals surface area contributed by atoms with Gasteiger partial charge in [0.2, 0.25) is 5.88 Å². The van der Waals surface area contributed by atoms with Crippen molar-refractivity contribution in [3.63, 3.8) is 0 Å². The summed E-state index contributed by atoms with van der Waals surface area (Å²) in [4.78, 5) is 12.1. The number of aromatic nitrogens is 4. The van der Waals surface area contributed by atoms with Crippen molar-refractivity contribution in [2.45, 2.75) is 0 Å². The molecule has 0 saturated carbocycles. The molecule has 0 aliphatic carbocycles. The average molecular weight is 424 g/mol. The molecule has 9 heteroatoms. The van der Waals surface area contributed by atoms with Crippen LogP contribution >= 0.6 is 11.6 Å². The Morgan fingerprint density at radius 3 is 2.80 bits per heavy atom. The predicted octanol–water partition coefficient (Wildman–Crippen LogP) is 3.26. The zero-order valence-electron chi connectivity index (χ0n) is 16.1. The first-order valence-electron chi connectivity index (χ1n) is 9.18. The second kappa shape index (κ2) is 8.79. The average Bonchev–Trinajstić information content (AvgIpc) is 3.19. The second-order valence-corrected chi connectivity index (χ2v) is 6.72. The maximum atomic E-state index is 12.1. The molecular weight excluding hydrogens is 406 g/mol. The lowest BCUT2D eigenvalue weighted by Crippen LogP contribution is -2.28. The Hall–Kier alpha value is -3.65. The smallest absolute Gasteiger partial charge is 0.251 e. The molecule has 2 aromatic carbocycles. The summed E-state index contributed by atoms with van der Waals surface area (Å²) in [6.07, 6.45) is 0. The normalized spacial score (nSPS) is 10.7. The molecule has 30 heavy (non-hydrogen) atoms. The molecule has 2 aromatic heterocycles. The third-order valence-electron chi connectivity index (χ3n) is 4.31. The lowest BCUT2D eigenvalue weighted by molar-refractivity contribution is 0.0946. The van der Waals surface area contributed by atoms with Gasteiger partial charge in [0, 0.05) is 16.7 Å². The number of carbonyl (C=O) groups is 1. The Morgan fingerprint density at radius 1 is 1.10 bits per heavy atom. The Labute approximate surface area is 177 Å². The second-order valence-electron chi connectivity index (χ2n) is 6.28. The highest BCUT2D eigenvalue weighted by molar-refractivity contribution is 6.30. The van der Waals surface area contributed by atoms with Crippen molar-refractivity contribution in [2.24, 2.45) is 0 Å². The molecule has 0 saturated heterocycles. The summed E-state index contributed by atoms with van der Waals surface area (Å²) in [6.45, 7) is 0.559. The zero-order valence-corrected chi connectivity index (χ0v) is 16.8. The molecule has 0 radical (unpaired) electrons. The summed E-state index contributed by atoms with van der Waals surface area (Å²) in [5, 5.41) is 16.1. The van der Waals surface area contributed by atoms with Crippen molar-refractivity contribution in [3.8, 4) is 23.0 Å². The number of methoxy groups -OCH3 is 1. The van der Waals surface area contributed by atoms with Crippen LogP contribution in [-0.2, 0) is 0 Å². The third kappa shape index (κ3) is 4.18. The van der Waals surface area contributed by atoms with E-state index in [-0.39, 0.29) is 12.5 Å². The molecule has 0 atom stereocenters. The lowest BCUT2D eigenvalue weighted by Gasteiger charge is -2.09. The van der Waals surface area contributed by atoms with Crippen LogP contribution in [0.2, 0.25) is 5.02 Å². The molecule has 8 nitrogen and oxygen atoms in total. The summed E-state index contributed by atoms with van der Waals surface area (Å²) in [5.74, 6) is 1.38. The molecule has 0 aliphatic rings. The molecule has 2 heterocycles. The molecule has 1 N–H and O–H groups in total. The van der Waals surface area contributed by atoms with Gasteiger partial charge in [-0.15, -0.1) is 15.3 Å². The highest BCUT2D eigenvalue weighted by atomic mass is 35.5. The zero-order chi connectivity index (χ0) is 20.9. The number of hydrogen-bond donors (Lipinski definition) is 1. The van der Waals surface area contributed by atoms with Crippen LogP contribution in [0.4, 0.5) is 0 Å². The molecule has 0 spiro atoms. The van der Waals surface area contributed by atoms with Gasteiger partial charge in [-0.05, 0) is 36.4 Å². The molecule has 0 aliphatic heterocycles. The van der Waals surface area contributed by atoms with Crippen molar-refractivity contribution in [3.05, 3.63) is 71.2 Å². The van der Waals surface area contributed by atoms with Gasteiger partial charge in [0.25, 0.3) is 5.91 Å². The third-order valence-corrected chi connectivity index (χ3v) is 4.55. The Kier molecular flexibility index (Phi) is 5.76.